The Morgan fingerprint density at radius 3 is 2.90 bits per heavy atom. The van der Waals surface area contributed by atoms with Crippen LogP contribution >= 0.6 is 23.7 Å². The summed E-state index contributed by atoms with van der Waals surface area (Å²) in [6.07, 6.45) is 2.71. The molecule has 7 heteroatoms. The summed E-state index contributed by atoms with van der Waals surface area (Å²) >= 11 is 1.50. The number of thiazole rings is 1. The van der Waals surface area contributed by atoms with Crippen LogP contribution in [0.1, 0.15) is 16.0 Å². The zero-order chi connectivity index (χ0) is 14.1. The smallest absolute Gasteiger partial charge is 0.180 e. The molecular weight excluding hydrogens is 313 g/mol. The van der Waals surface area contributed by atoms with Crippen molar-refractivity contribution in [3.8, 4) is 5.75 Å². The van der Waals surface area contributed by atoms with Gasteiger partial charge in [-0.2, -0.15) is 0 Å². The normalized spacial score (nSPS) is 14.4. The maximum absolute atomic E-state index is 13.8. The number of nitrogens with two attached hydrogens (primary N) is 1. The molecule has 0 atom stereocenters. The minimum absolute atomic E-state index is 0. The number of halogens is 2. The molecule has 1 aromatic heterocycles. The molecule has 2 N–H and O–H groups in total. The van der Waals surface area contributed by atoms with Gasteiger partial charge in [0.15, 0.2) is 16.7 Å². The highest BCUT2D eigenvalue weighted by molar-refractivity contribution is 7.15. The van der Waals surface area contributed by atoms with E-state index < -0.39 is 0 Å². The number of benzene rings is 1. The van der Waals surface area contributed by atoms with Gasteiger partial charge in [-0.15, -0.1) is 23.7 Å². The molecular formula is C14H17ClFN3OS. The summed E-state index contributed by atoms with van der Waals surface area (Å²) < 4.78 is 18.8. The van der Waals surface area contributed by atoms with Crippen LogP contribution < -0.4 is 10.5 Å². The van der Waals surface area contributed by atoms with Crippen molar-refractivity contribution in [2.45, 2.75) is 19.5 Å². The van der Waals surface area contributed by atoms with Gasteiger partial charge in [0.2, 0.25) is 0 Å². The van der Waals surface area contributed by atoms with Crippen LogP contribution in [0.5, 0.6) is 5.75 Å². The molecule has 0 unspecified atom stereocenters. The topological polar surface area (TPSA) is 51.4 Å². The SMILES string of the molecule is COc1cc2c(cc1F)CN(Cc1cnc(N)s1)CC2.Cl. The molecule has 0 bridgehead atoms. The van der Waals surface area contributed by atoms with Crippen molar-refractivity contribution in [1.29, 1.82) is 0 Å². The minimum atomic E-state index is -0.296. The lowest BCUT2D eigenvalue weighted by Gasteiger charge is -2.28. The van der Waals surface area contributed by atoms with Crippen molar-refractivity contribution < 1.29 is 9.13 Å². The van der Waals surface area contributed by atoms with Crippen molar-refractivity contribution in [2.75, 3.05) is 19.4 Å². The molecule has 0 spiro atoms. The van der Waals surface area contributed by atoms with E-state index in [1.807, 2.05) is 12.3 Å². The Bertz CT molecular complexity index is 635. The molecule has 0 aliphatic carbocycles. The Morgan fingerprint density at radius 1 is 1.43 bits per heavy atom. The molecule has 0 amide bonds. The second-order valence-electron chi connectivity index (χ2n) is 4.88. The van der Waals surface area contributed by atoms with E-state index in [4.69, 9.17) is 10.5 Å². The van der Waals surface area contributed by atoms with E-state index in [1.54, 1.807) is 6.07 Å². The molecule has 1 aliphatic heterocycles. The highest BCUT2D eigenvalue weighted by Gasteiger charge is 2.19. The highest BCUT2D eigenvalue weighted by Crippen LogP contribution is 2.28. The first kappa shape index (κ1) is 16.0. The first-order valence-corrected chi connectivity index (χ1v) is 7.25. The third-order valence-electron chi connectivity index (χ3n) is 3.52. The van der Waals surface area contributed by atoms with Crippen molar-refractivity contribution in [1.82, 2.24) is 9.88 Å². The Balaban J connectivity index is 0.00000161. The number of anilines is 1. The largest absolute Gasteiger partial charge is 0.494 e. The average molecular weight is 330 g/mol. The van der Waals surface area contributed by atoms with E-state index in [2.05, 4.69) is 9.88 Å². The molecule has 114 valence electrons. The van der Waals surface area contributed by atoms with Gasteiger partial charge in [0.1, 0.15) is 0 Å². The van der Waals surface area contributed by atoms with Crippen LogP contribution in [-0.4, -0.2) is 23.5 Å². The summed E-state index contributed by atoms with van der Waals surface area (Å²) in [4.78, 5) is 7.47. The van der Waals surface area contributed by atoms with E-state index in [0.29, 0.717) is 10.9 Å². The Morgan fingerprint density at radius 2 is 2.24 bits per heavy atom. The first-order valence-electron chi connectivity index (χ1n) is 6.43. The lowest BCUT2D eigenvalue weighted by atomic mass is 9.99. The number of methoxy groups -OCH3 is 1. The molecule has 1 aliphatic rings. The number of rotatable bonds is 3. The lowest BCUT2D eigenvalue weighted by Crippen LogP contribution is -2.29. The quantitative estimate of drug-likeness (QED) is 0.940. The van der Waals surface area contributed by atoms with Gasteiger partial charge >= 0.3 is 0 Å². The maximum atomic E-state index is 13.8. The van der Waals surface area contributed by atoms with Gasteiger partial charge in [-0.3, -0.25) is 4.90 Å². The third kappa shape index (κ3) is 3.45. The molecule has 0 fully saturated rings. The zero-order valence-corrected chi connectivity index (χ0v) is 13.3. The predicted octanol–water partition coefficient (Wildman–Crippen LogP) is 2.85. The number of ether oxygens (including phenoxy) is 1. The van der Waals surface area contributed by atoms with E-state index in [9.17, 15) is 4.39 Å². The van der Waals surface area contributed by atoms with Crippen molar-refractivity contribution in [3.05, 3.63) is 40.2 Å². The first-order chi connectivity index (χ1) is 9.65. The third-order valence-corrected chi connectivity index (χ3v) is 4.33. The van der Waals surface area contributed by atoms with Crippen LogP contribution in [0.15, 0.2) is 18.3 Å². The lowest BCUT2D eigenvalue weighted by molar-refractivity contribution is 0.246. The van der Waals surface area contributed by atoms with E-state index in [1.165, 1.54) is 24.0 Å². The van der Waals surface area contributed by atoms with Crippen LogP contribution in [0.2, 0.25) is 0 Å². The summed E-state index contributed by atoms with van der Waals surface area (Å²) in [5.41, 5.74) is 7.84. The van der Waals surface area contributed by atoms with E-state index >= 15 is 0 Å². The molecule has 2 aromatic rings. The maximum Gasteiger partial charge on any atom is 0.180 e. The van der Waals surface area contributed by atoms with E-state index in [0.717, 1.165) is 36.5 Å². The van der Waals surface area contributed by atoms with Gasteiger partial charge in [0.25, 0.3) is 0 Å². The van der Waals surface area contributed by atoms with Crippen molar-refractivity contribution >= 4 is 28.9 Å². The fourth-order valence-corrected chi connectivity index (χ4v) is 3.25. The second kappa shape index (κ2) is 6.60. The molecule has 4 nitrogen and oxygen atoms in total. The number of aromatic nitrogens is 1. The summed E-state index contributed by atoms with van der Waals surface area (Å²) in [6, 6.07) is 3.40. The van der Waals surface area contributed by atoms with Gasteiger partial charge in [-0.25, -0.2) is 9.37 Å². The molecule has 1 aromatic carbocycles. The van der Waals surface area contributed by atoms with E-state index in [-0.39, 0.29) is 18.2 Å². The Kier molecular flexibility index (Phi) is 5.03. The summed E-state index contributed by atoms with van der Waals surface area (Å²) in [6.45, 7) is 2.50. The molecule has 21 heavy (non-hydrogen) atoms. The zero-order valence-electron chi connectivity index (χ0n) is 11.6. The number of fused-ring (bicyclic) bond motifs is 1. The van der Waals surface area contributed by atoms with Crippen LogP contribution in [0, 0.1) is 5.82 Å². The molecule has 0 saturated carbocycles. The molecule has 3 rings (SSSR count). The van der Waals surface area contributed by atoms with Gasteiger partial charge in [0, 0.05) is 30.7 Å². The van der Waals surface area contributed by atoms with Crippen molar-refractivity contribution in [2.24, 2.45) is 0 Å². The highest BCUT2D eigenvalue weighted by atomic mass is 35.5. The van der Waals surface area contributed by atoms with Crippen LogP contribution in [0.3, 0.4) is 0 Å². The van der Waals surface area contributed by atoms with Crippen LogP contribution in [0.4, 0.5) is 9.52 Å². The number of nitrogens with zero attached hydrogens (tertiary/aromatic N) is 2. The standard InChI is InChI=1S/C14H16FN3OS.ClH/c1-19-13-5-9-2-3-18(7-10(9)4-12(13)15)8-11-6-17-14(16)20-11;/h4-6H,2-3,7-8H2,1H3,(H2,16,17);1H. The van der Waals surface area contributed by atoms with Gasteiger partial charge in [0.05, 0.1) is 7.11 Å². The fraction of sp³-hybridized carbons (Fsp3) is 0.357. The van der Waals surface area contributed by atoms with Crippen molar-refractivity contribution in [3.63, 3.8) is 0 Å². The van der Waals surface area contributed by atoms with Gasteiger partial charge in [-0.05, 0) is 29.7 Å². The number of nitrogen functional groups attached to an aromatic ring is 1. The Labute approximate surface area is 133 Å². The predicted molar refractivity (Wildman–Crippen MR) is 84.5 cm³/mol. The summed E-state index contributed by atoms with van der Waals surface area (Å²) in [7, 11) is 1.49. The number of hydrogen-bond donors (Lipinski definition) is 1. The summed E-state index contributed by atoms with van der Waals surface area (Å²) in [5.74, 6) is 0.0302. The van der Waals surface area contributed by atoms with Crippen LogP contribution in [0.25, 0.3) is 0 Å². The summed E-state index contributed by atoms with van der Waals surface area (Å²) in [5, 5.41) is 0.591. The van der Waals surface area contributed by atoms with Crippen LogP contribution in [-0.2, 0) is 19.5 Å². The second-order valence-corrected chi connectivity index (χ2v) is 6.03. The molecule has 2 heterocycles. The molecule has 0 radical (unpaired) electrons. The molecule has 0 saturated heterocycles. The number of hydrogen-bond acceptors (Lipinski definition) is 5. The average Bonchev–Trinajstić information content (AvgIpc) is 2.83. The minimum Gasteiger partial charge on any atom is -0.494 e. The fourth-order valence-electron chi connectivity index (χ4n) is 2.52. The van der Waals surface area contributed by atoms with Gasteiger partial charge in [-0.1, -0.05) is 0 Å². The van der Waals surface area contributed by atoms with Gasteiger partial charge < -0.3 is 10.5 Å². The Hall–Kier alpha value is -1.37. The monoisotopic (exact) mass is 329 g/mol.